The third-order valence-corrected chi connectivity index (χ3v) is 4.71. The number of hydrogen-bond donors (Lipinski definition) is 0. The molecule has 0 bridgehead atoms. The van der Waals surface area contributed by atoms with Gasteiger partial charge in [0, 0.05) is 18.8 Å². The summed E-state index contributed by atoms with van der Waals surface area (Å²) in [4.78, 5) is 16.3. The van der Waals surface area contributed by atoms with Crippen LogP contribution in [0.1, 0.15) is 32.6 Å². The lowest BCUT2D eigenvalue weighted by Gasteiger charge is -2.33. The van der Waals surface area contributed by atoms with Crippen LogP contribution in [0.15, 0.2) is 58.5 Å². The highest BCUT2D eigenvalue weighted by molar-refractivity contribution is 5.77. The monoisotopic (exact) mass is 470 g/mol. The van der Waals surface area contributed by atoms with Crippen molar-refractivity contribution >= 4 is 11.6 Å². The van der Waals surface area contributed by atoms with E-state index in [1.807, 2.05) is 6.92 Å². The molecule has 0 aromatic carbocycles. The van der Waals surface area contributed by atoms with Gasteiger partial charge < -0.3 is 14.1 Å². The molecule has 2 amide bonds. The molecule has 0 N–H and O–H groups in total. The molecule has 1 aromatic heterocycles. The Kier molecular flexibility index (Phi) is 9.15. The predicted molar refractivity (Wildman–Crippen MR) is 114 cm³/mol. The fourth-order valence-corrected chi connectivity index (χ4v) is 2.81. The topological polar surface area (TPSA) is 71.7 Å². The van der Waals surface area contributed by atoms with Gasteiger partial charge in [0.15, 0.2) is 0 Å². The molecular weight excluding hydrogens is 444 g/mol. The summed E-state index contributed by atoms with van der Waals surface area (Å²) in [6, 6.07) is -0.268. The summed E-state index contributed by atoms with van der Waals surface area (Å²) in [5, 5.41) is 6.08. The highest BCUT2D eigenvalue weighted by atomic mass is 19.4. The van der Waals surface area contributed by atoms with Crippen LogP contribution in [0.2, 0.25) is 0 Å². The van der Waals surface area contributed by atoms with Crippen molar-refractivity contribution in [2.24, 2.45) is 0 Å². The van der Waals surface area contributed by atoms with Crippen molar-refractivity contribution < 1.29 is 31.5 Å². The number of amides is 2. The molecule has 0 spiro atoms. The van der Waals surface area contributed by atoms with Crippen molar-refractivity contribution in [3.63, 3.8) is 0 Å². The summed E-state index contributed by atoms with van der Waals surface area (Å²) in [5.41, 5.74) is 0.520. The van der Waals surface area contributed by atoms with E-state index < -0.39 is 29.4 Å². The number of nitrogens with zero attached hydrogens (tertiary/aromatic N) is 4. The highest BCUT2D eigenvalue weighted by Crippen LogP contribution is 2.31. The molecule has 1 aromatic rings. The van der Waals surface area contributed by atoms with E-state index >= 15 is 0 Å². The van der Waals surface area contributed by atoms with E-state index in [1.54, 1.807) is 43.1 Å². The van der Waals surface area contributed by atoms with Gasteiger partial charge >= 0.3 is 18.1 Å². The molecule has 0 saturated carbocycles. The van der Waals surface area contributed by atoms with Crippen LogP contribution in [0.5, 0.6) is 0 Å². The van der Waals surface area contributed by atoms with E-state index in [1.165, 1.54) is 4.90 Å². The highest BCUT2D eigenvalue weighted by Gasteiger charge is 2.38. The average molecular weight is 470 g/mol. The summed E-state index contributed by atoms with van der Waals surface area (Å²) in [6.07, 6.45) is 3.14. The summed E-state index contributed by atoms with van der Waals surface area (Å²) in [6.45, 7) is 10.4. The molecule has 1 aliphatic rings. The molecule has 11 heteroatoms. The fraction of sp³-hybridized carbons (Fsp3) is 0.409. The third-order valence-electron chi connectivity index (χ3n) is 4.71. The Balaban J connectivity index is 2.25. The zero-order valence-electron chi connectivity index (χ0n) is 18.7. The Bertz CT molecular complexity index is 971. The standard InChI is InChI=1S/C22H26F4N4O3/c1-5-7-8-15(3)30(21(31)29-9-11-32-12-10-29)14-17(6-2)13-18(23)16(4)19-27-28-20(33-19)22(24,25)26/h5-8,13H,4,9-12,14H2,1-3H3/b7-5-,15-8+,17-6+,18-13+. The number of carbonyl (C=O) groups excluding carboxylic acids is 1. The Hall–Kier alpha value is -3.21. The van der Waals surface area contributed by atoms with E-state index in [2.05, 4.69) is 21.2 Å². The van der Waals surface area contributed by atoms with Gasteiger partial charge in [-0.05, 0) is 38.5 Å². The van der Waals surface area contributed by atoms with Crippen molar-refractivity contribution in [3.8, 4) is 0 Å². The molecule has 1 aliphatic heterocycles. The van der Waals surface area contributed by atoms with E-state index in [4.69, 9.17) is 4.74 Å². The summed E-state index contributed by atoms with van der Waals surface area (Å²) in [7, 11) is 0. The summed E-state index contributed by atoms with van der Waals surface area (Å²) in [5.74, 6) is -3.24. The Morgan fingerprint density at radius 1 is 1.24 bits per heavy atom. The number of allylic oxidation sites excluding steroid dienone is 7. The smallest absolute Gasteiger partial charge is 0.413 e. The van der Waals surface area contributed by atoms with Gasteiger partial charge in [-0.25, -0.2) is 9.18 Å². The van der Waals surface area contributed by atoms with Crippen molar-refractivity contribution in [2.45, 2.75) is 26.9 Å². The van der Waals surface area contributed by atoms with Crippen LogP contribution in [0, 0.1) is 0 Å². The van der Waals surface area contributed by atoms with Gasteiger partial charge in [0.2, 0.25) is 0 Å². The first-order valence-corrected chi connectivity index (χ1v) is 10.1. The van der Waals surface area contributed by atoms with Crippen LogP contribution in [-0.2, 0) is 10.9 Å². The second-order valence-electron chi connectivity index (χ2n) is 7.05. The van der Waals surface area contributed by atoms with Gasteiger partial charge in [-0.2, -0.15) is 13.2 Å². The van der Waals surface area contributed by atoms with Gasteiger partial charge in [0.05, 0.1) is 25.3 Å². The molecule has 1 fully saturated rings. The first-order valence-electron chi connectivity index (χ1n) is 10.1. The van der Waals surface area contributed by atoms with Crippen LogP contribution in [0.25, 0.3) is 5.57 Å². The number of aromatic nitrogens is 2. The Morgan fingerprint density at radius 2 is 1.91 bits per heavy atom. The van der Waals surface area contributed by atoms with Crippen LogP contribution in [0.3, 0.4) is 0 Å². The number of halogens is 4. The first-order chi connectivity index (χ1) is 15.6. The summed E-state index contributed by atoms with van der Waals surface area (Å²) >= 11 is 0. The maximum Gasteiger partial charge on any atom is 0.470 e. The minimum absolute atomic E-state index is 0.0188. The zero-order valence-corrected chi connectivity index (χ0v) is 18.7. The van der Waals surface area contributed by atoms with E-state index in [0.717, 1.165) is 6.08 Å². The van der Waals surface area contributed by atoms with Gasteiger partial charge in [-0.3, -0.25) is 4.90 Å². The number of ether oxygens (including phenoxy) is 1. The lowest BCUT2D eigenvalue weighted by Crippen LogP contribution is -2.48. The molecule has 33 heavy (non-hydrogen) atoms. The number of urea groups is 1. The molecule has 0 radical (unpaired) electrons. The number of rotatable bonds is 7. The Morgan fingerprint density at radius 3 is 2.45 bits per heavy atom. The predicted octanol–water partition coefficient (Wildman–Crippen LogP) is 5.14. The molecular formula is C22H26F4N4O3. The van der Waals surface area contributed by atoms with Crippen molar-refractivity contribution in [1.82, 2.24) is 20.0 Å². The lowest BCUT2D eigenvalue weighted by atomic mass is 10.1. The van der Waals surface area contributed by atoms with Crippen molar-refractivity contribution in [3.05, 3.63) is 65.8 Å². The number of morpholine rings is 1. The SMILES string of the molecule is C=C(/C(F)=C\C(=C/C)CN(C(=O)N1CCOCC1)/C(C)=C/C=C\C)c1nnc(C(F)(F)F)o1. The maximum absolute atomic E-state index is 14.8. The van der Waals surface area contributed by atoms with Crippen LogP contribution in [0.4, 0.5) is 22.4 Å². The van der Waals surface area contributed by atoms with Crippen molar-refractivity contribution in [2.75, 3.05) is 32.8 Å². The fourth-order valence-electron chi connectivity index (χ4n) is 2.81. The molecule has 0 atom stereocenters. The second-order valence-corrected chi connectivity index (χ2v) is 7.05. The van der Waals surface area contributed by atoms with Crippen LogP contribution in [-0.4, -0.2) is 58.9 Å². The summed E-state index contributed by atoms with van der Waals surface area (Å²) < 4.78 is 62.6. The first kappa shape index (κ1) is 26.0. The molecule has 0 unspecified atom stereocenters. The zero-order chi connectivity index (χ0) is 24.6. The van der Waals surface area contributed by atoms with E-state index in [9.17, 15) is 22.4 Å². The van der Waals surface area contributed by atoms with E-state index in [-0.39, 0.29) is 12.6 Å². The quantitative estimate of drug-likeness (QED) is 0.408. The largest absolute Gasteiger partial charge is 0.470 e. The molecule has 0 aliphatic carbocycles. The normalized spacial score (nSPS) is 16.5. The van der Waals surface area contributed by atoms with Crippen LogP contribution >= 0.6 is 0 Å². The Labute approximate surface area is 189 Å². The van der Waals surface area contributed by atoms with Gasteiger partial charge in [0.25, 0.3) is 5.89 Å². The molecule has 2 rings (SSSR count). The molecule has 7 nitrogen and oxygen atoms in total. The number of carbonyl (C=O) groups is 1. The minimum Gasteiger partial charge on any atom is -0.413 e. The molecule has 2 heterocycles. The van der Waals surface area contributed by atoms with Crippen LogP contribution < -0.4 is 0 Å². The van der Waals surface area contributed by atoms with Gasteiger partial charge in [-0.15, -0.1) is 10.2 Å². The minimum atomic E-state index is -4.85. The van der Waals surface area contributed by atoms with Gasteiger partial charge in [0.1, 0.15) is 5.83 Å². The average Bonchev–Trinajstić information content (AvgIpc) is 3.30. The molecule has 180 valence electrons. The maximum atomic E-state index is 14.8. The van der Waals surface area contributed by atoms with Gasteiger partial charge in [-0.1, -0.05) is 24.8 Å². The number of alkyl halides is 3. The van der Waals surface area contributed by atoms with E-state index in [0.29, 0.717) is 37.6 Å². The third kappa shape index (κ3) is 7.14. The number of hydrogen-bond acceptors (Lipinski definition) is 5. The van der Waals surface area contributed by atoms with Crippen molar-refractivity contribution in [1.29, 1.82) is 0 Å². The lowest BCUT2D eigenvalue weighted by molar-refractivity contribution is -0.157. The molecule has 1 saturated heterocycles. The second kappa shape index (κ2) is 11.6.